The number of hydrogen-bond acceptors (Lipinski definition) is 4. The van der Waals surface area contributed by atoms with Crippen molar-refractivity contribution in [3.63, 3.8) is 0 Å². The van der Waals surface area contributed by atoms with E-state index in [2.05, 4.69) is 10.3 Å². The van der Waals surface area contributed by atoms with E-state index in [0.29, 0.717) is 36.5 Å². The van der Waals surface area contributed by atoms with Crippen LogP contribution in [0.5, 0.6) is 0 Å². The van der Waals surface area contributed by atoms with Crippen LogP contribution in [0.1, 0.15) is 35.8 Å². The van der Waals surface area contributed by atoms with Crippen LogP contribution in [-0.4, -0.2) is 40.8 Å². The molecule has 1 saturated heterocycles. The molecule has 1 fully saturated rings. The molecule has 1 aromatic heterocycles. The molecule has 5 nitrogen and oxygen atoms in total. The standard InChI is InChI=1S/C18H18F3N3O2S/c1-11(25)22-14-5-7-24(8-6-14)17(26)15-10-27-16(23-15)12-3-2-4-13(9-12)18(19,20)21/h2-4,9-10,14H,5-8H2,1H3,(H,22,25). The van der Waals surface area contributed by atoms with E-state index in [0.717, 1.165) is 23.5 Å². The molecule has 0 bridgehead atoms. The molecule has 0 spiro atoms. The van der Waals surface area contributed by atoms with Gasteiger partial charge >= 0.3 is 6.18 Å². The summed E-state index contributed by atoms with van der Waals surface area (Å²) in [5.74, 6) is -0.337. The molecule has 2 amide bonds. The van der Waals surface area contributed by atoms with Crippen LogP contribution < -0.4 is 5.32 Å². The molecule has 0 aliphatic carbocycles. The number of benzene rings is 1. The van der Waals surface area contributed by atoms with Crippen molar-refractivity contribution in [3.05, 3.63) is 40.9 Å². The number of carbonyl (C=O) groups is 2. The number of thiazole rings is 1. The van der Waals surface area contributed by atoms with E-state index in [9.17, 15) is 22.8 Å². The zero-order valence-electron chi connectivity index (χ0n) is 14.5. The zero-order valence-corrected chi connectivity index (χ0v) is 15.4. The topological polar surface area (TPSA) is 62.3 Å². The monoisotopic (exact) mass is 397 g/mol. The van der Waals surface area contributed by atoms with Gasteiger partial charge in [0.15, 0.2) is 0 Å². The van der Waals surface area contributed by atoms with Crippen molar-refractivity contribution in [2.24, 2.45) is 0 Å². The smallest absolute Gasteiger partial charge is 0.353 e. The second-order valence-corrected chi connectivity index (χ2v) is 7.24. The number of nitrogens with one attached hydrogen (secondary N) is 1. The summed E-state index contributed by atoms with van der Waals surface area (Å²) in [4.78, 5) is 29.6. The third kappa shape index (κ3) is 4.65. The lowest BCUT2D eigenvalue weighted by Gasteiger charge is -2.31. The third-order valence-corrected chi connectivity index (χ3v) is 5.24. The maximum atomic E-state index is 12.9. The quantitative estimate of drug-likeness (QED) is 0.861. The average molecular weight is 397 g/mol. The summed E-state index contributed by atoms with van der Waals surface area (Å²) < 4.78 is 38.6. The molecule has 1 aliphatic rings. The number of likely N-dealkylation sites (tertiary alicyclic amines) is 1. The van der Waals surface area contributed by atoms with Gasteiger partial charge < -0.3 is 10.2 Å². The lowest BCUT2D eigenvalue weighted by molar-refractivity contribution is -0.137. The molecular weight excluding hydrogens is 379 g/mol. The fourth-order valence-electron chi connectivity index (χ4n) is 3.01. The molecule has 2 heterocycles. The van der Waals surface area contributed by atoms with Crippen molar-refractivity contribution in [2.75, 3.05) is 13.1 Å². The van der Waals surface area contributed by atoms with Crippen LogP contribution in [0.3, 0.4) is 0 Å². The maximum Gasteiger partial charge on any atom is 0.416 e. The Kier molecular flexibility index (Phi) is 5.50. The number of rotatable bonds is 3. The predicted octanol–water partition coefficient (Wildman–Crippen LogP) is 3.57. The Bertz CT molecular complexity index is 842. The van der Waals surface area contributed by atoms with Crippen molar-refractivity contribution in [2.45, 2.75) is 32.0 Å². The van der Waals surface area contributed by atoms with Gasteiger partial charge in [0.2, 0.25) is 5.91 Å². The van der Waals surface area contributed by atoms with Crippen molar-refractivity contribution >= 4 is 23.2 Å². The number of carbonyl (C=O) groups excluding carboxylic acids is 2. The van der Waals surface area contributed by atoms with Crippen LogP contribution in [-0.2, 0) is 11.0 Å². The molecule has 1 aliphatic heterocycles. The molecule has 1 aromatic carbocycles. The minimum atomic E-state index is -4.43. The zero-order chi connectivity index (χ0) is 19.6. The predicted molar refractivity (Wildman–Crippen MR) is 95.3 cm³/mol. The van der Waals surface area contributed by atoms with Gasteiger partial charge in [-0.3, -0.25) is 9.59 Å². The van der Waals surface area contributed by atoms with E-state index in [1.807, 2.05) is 0 Å². The summed E-state index contributed by atoms with van der Waals surface area (Å²) >= 11 is 1.14. The summed E-state index contributed by atoms with van der Waals surface area (Å²) in [5, 5.41) is 4.78. The second-order valence-electron chi connectivity index (χ2n) is 6.38. The Morgan fingerprint density at radius 2 is 1.96 bits per heavy atom. The van der Waals surface area contributed by atoms with Gasteiger partial charge in [0, 0.05) is 37.0 Å². The van der Waals surface area contributed by atoms with Crippen LogP contribution >= 0.6 is 11.3 Å². The SMILES string of the molecule is CC(=O)NC1CCN(C(=O)c2csc(-c3cccc(C(F)(F)F)c3)n2)CC1. The first kappa shape index (κ1) is 19.3. The fourth-order valence-corrected chi connectivity index (χ4v) is 3.80. The van der Waals surface area contributed by atoms with Crippen LogP contribution in [0, 0.1) is 0 Å². The molecule has 2 aromatic rings. The van der Waals surface area contributed by atoms with Gasteiger partial charge in [0.25, 0.3) is 5.91 Å². The van der Waals surface area contributed by atoms with Crippen LogP contribution in [0.25, 0.3) is 10.6 Å². The molecule has 3 rings (SSSR count). The molecule has 0 saturated carbocycles. The second kappa shape index (κ2) is 7.67. The Labute approximate surface area is 158 Å². The largest absolute Gasteiger partial charge is 0.416 e. The van der Waals surface area contributed by atoms with Gasteiger partial charge in [-0.2, -0.15) is 13.2 Å². The number of piperidine rings is 1. The van der Waals surface area contributed by atoms with Crippen molar-refractivity contribution in [1.82, 2.24) is 15.2 Å². The number of hydrogen-bond donors (Lipinski definition) is 1. The lowest BCUT2D eigenvalue weighted by Crippen LogP contribution is -2.46. The Balaban J connectivity index is 1.69. The maximum absolute atomic E-state index is 12.9. The van der Waals surface area contributed by atoms with Gasteiger partial charge in [-0.25, -0.2) is 4.98 Å². The molecular formula is C18H18F3N3O2S. The molecule has 0 unspecified atom stereocenters. The van der Waals surface area contributed by atoms with E-state index in [1.165, 1.54) is 13.0 Å². The van der Waals surface area contributed by atoms with Crippen molar-refractivity contribution in [1.29, 1.82) is 0 Å². The van der Waals surface area contributed by atoms with Crippen LogP contribution in [0.2, 0.25) is 0 Å². The van der Waals surface area contributed by atoms with Gasteiger partial charge in [-0.05, 0) is 25.0 Å². The fraction of sp³-hybridized carbons (Fsp3) is 0.389. The van der Waals surface area contributed by atoms with Crippen LogP contribution in [0.15, 0.2) is 29.6 Å². The van der Waals surface area contributed by atoms with E-state index >= 15 is 0 Å². The summed E-state index contributed by atoms with van der Waals surface area (Å²) in [6.07, 6.45) is -3.10. The molecule has 1 N–H and O–H groups in total. The lowest BCUT2D eigenvalue weighted by atomic mass is 10.0. The van der Waals surface area contributed by atoms with Crippen molar-refractivity contribution in [3.8, 4) is 10.6 Å². The number of nitrogens with zero attached hydrogens (tertiary/aromatic N) is 2. The number of alkyl halides is 3. The summed E-state index contributed by atoms with van der Waals surface area (Å²) in [6, 6.07) is 4.96. The highest BCUT2D eigenvalue weighted by Gasteiger charge is 2.31. The first-order chi connectivity index (χ1) is 12.7. The molecule has 9 heteroatoms. The molecule has 0 radical (unpaired) electrons. The normalized spacial score (nSPS) is 15.6. The van der Waals surface area contributed by atoms with E-state index in [-0.39, 0.29) is 23.6 Å². The minimum Gasteiger partial charge on any atom is -0.353 e. The average Bonchev–Trinajstić information content (AvgIpc) is 3.11. The highest BCUT2D eigenvalue weighted by molar-refractivity contribution is 7.13. The molecule has 144 valence electrons. The Morgan fingerprint density at radius 3 is 2.59 bits per heavy atom. The van der Waals surface area contributed by atoms with Gasteiger partial charge in [-0.15, -0.1) is 11.3 Å². The van der Waals surface area contributed by atoms with Gasteiger partial charge in [0.05, 0.1) is 5.56 Å². The third-order valence-electron chi connectivity index (χ3n) is 4.35. The Morgan fingerprint density at radius 1 is 1.26 bits per heavy atom. The Hall–Kier alpha value is -2.42. The van der Waals surface area contributed by atoms with E-state index in [4.69, 9.17) is 0 Å². The highest BCUT2D eigenvalue weighted by Crippen LogP contribution is 2.33. The minimum absolute atomic E-state index is 0.0580. The highest BCUT2D eigenvalue weighted by atomic mass is 32.1. The molecule has 27 heavy (non-hydrogen) atoms. The molecule has 0 atom stereocenters. The number of amides is 2. The van der Waals surface area contributed by atoms with Crippen molar-refractivity contribution < 1.29 is 22.8 Å². The first-order valence-electron chi connectivity index (χ1n) is 8.43. The summed E-state index contributed by atoms with van der Waals surface area (Å²) in [6.45, 7) is 2.46. The van der Waals surface area contributed by atoms with Crippen LogP contribution in [0.4, 0.5) is 13.2 Å². The van der Waals surface area contributed by atoms with E-state index in [1.54, 1.807) is 16.3 Å². The van der Waals surface area contributed by atoms with E-state index < -0.39 is 11.7 Å². The van der Waals surface area contributed by atoms with Gasteiger partial charge in [-0.1, -0.05) is 12.1 Å². The van der Waals surface area contributed by atoms with Gasteiger partial charge in [0.1, 0.15) is 10.7 Å². The number of aromatic nitrogens is 1. The first-order valence-corrected chi connectivity index (χ1v) is 9.31. The summed E-state index contributed by atoms with van der Waals surface area (Å²) in [7, 11) is 0. The number of halogens is 3. The summed E-state index contributed by atoms with van der Waals surface area (Å²) in [5.41, 5.74) is -0.188.